The van der Waals surface area contributed by atoms with E-state index in [4.69, 9.17) is 10.5 Å². The molecule has 5 heteroatoms. The minimum absolute atomic E-state index is 0.0755. The Kier molecular flexibility index (Phi) is 4.81. The van der Waals surface area contributed by atoms with Gasteiger partial charge in [-0.05, 0) is 50.6 Å². The first kappa shape index (κ1) is 15.0. The summed E-state index contributed by atoms with van der Waals surface area (Å²) in [5.74, 6) is 1.73. The highest BCUT2D eigenvalue weighted by molar-refractivity contribution is 8.00. The molecule has 0 spiro atoms. The highest BCUT2D eigenvalue weighted by atomic mass is 32.2. The van der Waals surface area contributed by atoms with Crippen LogP contribution in [-0.4, -0.2) is 29.6 Å². The molecule has 1 aliphatic rings. The Morgan fingerprint density at radius 1 is 1.55 bits per heavy atom. The largest absolute Gasteiger partial charge is 0.492 e. The Morgan fingerprint density at radius 2 is 2.35 bits per heavy atom. The Hall–Kier alpha value is -1.36. The second-order valence-electron chi connectivity index (χ2n) is 5.27. The smallest absolute Gasteiger partial charge is 0.251 e. The molecule has 1 amide bonds. The zero-order valence-electron chi connectivity index (χ0n) is 12.1. The van der Waals surface area contributed by atoms with Crippen LogP contribution in [0.2, 0.25) is 0 Å². The number of anilines is 1. The number of benzene rings is 1. The molecule has 1 aromatic rings. The number of rotatable bonds is 5. The van der Waals surface area contributed by atoms with Crippen molar-refractivity contribution in [3.8, 4) is 5.75 Å². The Bertz CT molecular complexity index is 485. The van der Waals surface area contributed by atoms with Gasteiger partial charge in [-0.1, -0.05) is 0 Å². The maximum absolute atomic E-state index is 12.1. The molecule has 0 saturated carbocycles. The van der Waals surface area contributed by atoms with E-state index in [1.54, 1.807) is 18.2 Å². The number of hydrogen-bond donors (Lipinski definition) is 2. The minimum atomic E-state index is -0.0755. The first-order valence-electron chi connectivity index (χ1n) is 6.98. The van der Waals surface area contributed by atoms with Crippen molar-refractivity contribution < 1.29 is 9.53 Å². The molecule has 110 valence electrons. The fourth-order valence-electron chi connectivity index (χ4n) is 2.32. The molecule has 0 bridgehead atoms. The number of amides is 1. The number of carbonyl (C=O) groups excluding carboxylic acids is 1. The molecule has 0 aromatic heterocycles. The van der Waals surface area contributed by atoms with Crippen LogP contribution >= 0.6 is 11.8 Å². The number of nitrogen functional groups attached to an aromatic ring is 1. The number of nitrogens with two attached hydrogens (primary N) is 1. The number of nitrogens with one attached hydrogen (secondary N) is 1. The van der Waals surface area contributed by atoms with Crippen LogP contribution in [0, 0.1) is 0 Å². The van der Waals surface area contributed by atoms with E-state index in [1.807, 2.05) is 18.7 Å². The molecular formula is C15H22N2O2S. The monoisotopic (exact) mass is 294 g/mol. The molecule has 2 rings (SSSR count). The minimum Gasteiger partial charge on any atom is -0.492 e. The Balaban J connectivity index is 1.97. The van der Waals surface area contributed by atoms with Crippen LogP contribution in [0.5, 0.6) is 5.75 Å². The van der Waals surface area contributed by atoms with Crippen molar-refractivity contribution in [3.05, 3.63) is 23.8 Å². The van der Waals surface area contributed by atoms with Gasteiger partial charge in [0.2, 0.25) is 0 Å². The molecule has 1 aromatic carbocycles. The molecule has 1 aliphatic heterocycles. The molecule has 3 N–H and O–H groups in total. The normalized spacial score (nSPS) is 21.7. The molecular weight excluding hydrogens is 272 g/mol. The van der Waals surface area contributed by atoms with Gasteiger partial charge in [-0.3, -0.25) is 4.79 Å². The van der Waals surface area contributed by atoms with E-state index in [0.717, 1.165) is 6.42 Å². The summed E-state index contributed by atoms with van der Waals surface area (Å²) in [7, 11) is 0. The average Bonchev–Trinajstić information content (AvgIpc) is 2.86. The summed E-state index contributed by atoms with van der Waals surface area (Å²) >= 11 is 1.93. The van der Waals surface area contributed by atoms with Gasteiger partial charge < -0.3 is 15.8 Å². The molecule has 1 unspecified atom stereocenters. The third-order valence-corrected chi connectivity index (χ3v) is 5.03. The number of hydrogen-bond acceptors (Lipinski definition) is 4. The molecule has 1 fully saturated rings. The van der Waals surface area contributed by atoms with Crippen LogP contribution in [-0.2, 0) is 0 Å². The quantitative estimate of drug-likeness (QED) is 0.820. The number of carbonyl (C=O) groups is 1. The third kappa shape index (κ3) is 3.60. The molecule has 0 aliphatic carbocycles. The summed E-state index contributed by atoms with van der Waals surface area (Å²) in [6.45, 7) is 5.37. The van der Waals surface area contributed by atoms with Gasteiger partial charge in [0.25, 0.3) is 5.91 Å². The van der Waals surface area contributed by atoms with Gasteiger partial charge in [-0.25, -0.2) is 0 Å². The van der Waals surface area contributed by atoms with Crippen LogP contribution in [0.25, 0.3) is 0 Å². The third-order valence-electron chi connectivity index (χ3n) is 3.50. The molecule has 4 nitrogen and oxygen atoms in total. The summed E-state index contributed by atoms with van der Waals surface area (Å²) in [5.41, 5.74) is 6.96. The lowest BCUT2D eigenvalue weighted by Crippen LogP contribution is -2.36. The Morgan fingerprint density at radius 3 is 2.95 bits per heavy atom. The van der Waals surface area contributed by atoms with E-state index in [1.165, 1.54) is 12.2 Å². The molecule has 1 atom stereocenters. The summed E-state index contributed by atoms with van der Waals surface area (Å²) in [6.07, 6.45) is 2.39. The zero-order chi connectivity index (χ0) is 14.6. The highest BCUT2D eigenvalue weighted by Gasteiger charge is 2.29. The van der Waals surface area contributed by atoms with E-state index in [-0.39, 0.29) is 10.7 Å². The lowest BCUT2D eigenvalue weighted by Gasteiger charge is -2.22. The number of thioether (sulfide) groups is 1. The van der Waals surface area contributed by atoms with Gasteiger partial charge in [0.05, 0.1) is 12.3 Å². The van der Waals surface area contributed by atoms with Gasteiger partial charge in [0.15, 0.2) is 0 Å². The molecule has 1 heterocycles. The fraction of sp³-hybridized carbons (Fsp3) is 0.533. The van der Waals surface area contributed by atoms with Gasteiger partial charge >= 0.3 is 0 Å². The van der Waals surface area contributed by atoms with Gasteiger partial charge in [0.1, 0.15) is 5.75 Å². The van der Waals surface area contributed by atoms with Crippen molar-refractivity contribution in [1.82, 2.24) is 5.32 Å². The van der Waals surface area contributed by atoms with Crippen molar-refractivity contribution in [2.75, 3.05) is 24.6 Å². The van der Waals surface area contributed by atoms with E-state index in [0.29, 0.717) is 30.2 Å². The number of ether oxygens (including phenoxy) is 1. The van der Waals surface area contributed by atoms with Crippen LogP contribution in [0.3, 0.4) is 0 Å². The van der Waals surface area contributed by atoms with Crippen molar-refractivity contribution in [2.45, 2.75) is 31.4 Å². The topological polar surface area (TPSA) is 64.3 Å². The van der Waals surface area contributed by atoms with Crippen LogP contribution in [0.4, 0.5) is 5.69 Å². The van der Waals surface area contributed by atoms with E-state index in [2.05, 4.69) is 12.2 Å². The Labute approximate surface area is 124 Å². The fourth-order valence-corrected chi connectivity index (χ4v) is 3.57. The highest BCUT2D eigenvalue weighted by Crippen LogP contribution is 2.37. The van der Waals surface area contributed by atoms with Gasteiger partial charge in [-0.15, -0.1) is 0 Å². The molecule has 20 heavy (non-hydrogen) atoms. The lowest BCUT2D eigenvalue weighted by atomic mass is 10.1. The first-order chi connectivity index (χ1) is 9.54. The van der Waals surface area contributed by atoms with E-state index < -0.39 is 0 Å². The van der Waals surface area contributed by atoms with Crippen LogP contribution < -0.4 is 15.8 Å². The van der Waals surface area contributed by atoms with Gasteiger partial charge in [0, 0.05) is 16.9 Å². The predicted octanol–water partition coefficient (Wildman–Crippen LogP) is 2.68. The molecule has 0 radical (unpaired) electrons. The van der Waals surface area contributed by atoms with E-state index >= 15 is 0 Å². The first-order valence-corrected chi connectivity index (χ1v) is 7.97. The summed E-state index contributed by atoms with van der Waals surface area (Å²) in [5, 5.41) is 3.00. The second kappa shape index (κ2) is 6.39. The summed E-state index contributed by atoms with van der Waals surface area (Å²) in [4.78, 5) is 12.1. The maximum atomic E-state index is 12.1. The van der Waals surface area contributed by atoms with Crippen molar-refractivity contribution in [3.63, 3.8) is 0 Å². The SMILES string of the molecule is CCOc1ccc(C(=O)NCC2(C)CCCS2)cc1N. The van der Waals surface area contributed by atoms with Crippen LogP contribution in [0.15, 0.2) is 18.2 Å². The second-order valence-corrected chi connectivity index (χ2v) is 6.95. The molecule has 1 saturated heterocycles. The van der Waals surface area contributed by atoms with Gasteiger partial charge in [-0.2, -0.15) is 11.8 Å². The zero-order valence-corrected chi connectivity index (χ0v) is 12.9. The maximum Gasteiger partial charge on any atom is 0.251 e. The van der Waals surface area contributed by atoms with Crippen molar-refractivity contribution >= 4 is 23.4 Å². The summed E-state index contributed by atoms with van der Waals surface area (Å²) < 4.78 is 5.54. The van der Waals surface area contributed by atoms with Crippen molar-refractivity contribution in [1.29, 1.82) is 0 Å². The lowest BCUT2D eigenvalue weighted by molar-refractivity contribution is 0.0950. The standard InChI is InChI=1S/C15H22N2O2S/c1-3-19-13-6-5-11(9-12(13)16)14(18)17-10-15(2)7-4-8-20-15/h5-6,9H,3-4,7-8,10,16H2,1-2H3,(H,17,18). The summed E-state index contributed by atoms with van der Waals surface area (Å²) in [6, 6.07) is 5.17. The van der Waals surface area contributed by atoms with E-state index in [9.17, 15) is 4.79 Å². The average molecular weight is 294 g/mol. The van der Waals surface area contributed by atoms with Crippen LogP contribution in [0.1, 0.15) is 37.0 Å². The predicted molar refractivity (Wildman–Crippen MR) is 84.5 cm³/mol. The van der Waals surface area contributed by atoms with Crippen molar-refractivity contribution in [2.24, 2.45) is 0 Å².